The molecule has 2 rings (SSSR count). The Hall–Kier alpha value is -2.15. The van der Waals surface area contributed by atoms with Crippen LogP contribution in [0.25, 0.3) is 0 Å². The molecule has 0 atom stereocenters. The molecule has 0 spiro atoms. The number of nitrogens with zero attached hydrogens (tertiary/aromatic N) is 3. The van der Waals surface area contributed by atoms with E-state index >= 15 is 0 Å². The van der Waals surface area contributed by atoms with Gasteiger partial charge in [-0.05, 0) is 32.0 Å². The zero-order valence-corrected chi connectivity index (χ0v) is 12.4. The van der Waals surface area contributed by atoms with Crippen LogP contribution in [0.2, 0.25) is 5.02 Å². The van der Waals surface area contributed by atoms with Crippen LogP contribution in [0.4, 0.5) is 22.0 Å². The lowest BCUT2D eigenvalue weighted by molar-refractivity contribution is 0.312. The maximum Gasteiger partial charge on any atom is 0.323 e. The topological polar surface area (TPSA) is 72.0 Å². The van der Waals surface area contributed by atoms with E-state index in [1.165, 1.54) is 18.2 Å². The van der Waals surface area contributed by atoms with Crippen molar-refractivity contribution in [3.63, 3.8) is 0 Å². The number of ether oxygens (including phenoxy) is 1. The van der Waals surface area contributed by atoms with Gasteiger partial charge in [0.1, 0.15) is 5.82 Å². The third-order valence-electron chi connectivity index (χ3n) is 2.40. The molecule has 8 heteroatoms. The summed E-state index contributed by atoms with van der Waals surface area (Å²) in [5.41, 5.74) is 0.179. The van der Waals surface area contributed by atoms with Gasteiger partial charge in [-0.25, -0.2) is 4.39 Å². The molecule has 2 aromatic rings. The molecule has 0 fully saturated rings. The van der Waals surface area contributed by atoms with Crippen molar-refractivity contribution in [3.05, 3.63) is 29.0 Å². The van der Waals surface area contributed by atoms with Gasteiger partial charge in [0, 0.05) is 11.6 Å². The first-order chi connectivity index (χ1) is 10.1. The van der Waals surface area contributed by atoms with Crippen molar-refractivity contribution in [3.8, 4) is 6.01 Å². The first-order valence-electron chi connectivity index (χ1n) is 6.47. The van der Waals surface area contributed by atoms with Crippen LogP contribution in [-0.4, -0.2) is 28.1 Å². The fraction of sp³-hybridized carbons (Fsp3) is 0.308. The highest BCUT2D eigenvalue weighted by Gasteiger charge is 2.10. The molecule has 1 aromatic heterocycles. The maximum atomic E-state index is 13.7. The quantitative estimate of drug-likeness (QED) is 0.853. The van der Waals surface area contributed by atoms with Gasteiger partial charge in [-0.15, -0.1) is 0 Å². The Balaban J connectivity index is 2.31. The van der Waals surface area contributed by atoms with Gasteiger partial charge in [0.05, 0.1) is 12.3 Å². The summed E-state index contributed by atoms with van der Waals surface area (Å²) in [4.78, 5) is 12.3. The van der Waals surface area contributed by atoms with Crippen molar-refractivity contribution >= 4 is 29.2 Å². The number of aromatic nitrogens is 3. The molecular formula is C13H15ClFN5O. The number of anilines is 3. The van der Waals surface area contributed by atoms with Crippen LogP contribution >= 0.6 is 11.6 Å². The van der Waals surface area contributed by atoms with E-state index in [0.29, 0.717) is 24.1 Å². The van der Waals surface area contributed by atoms with Crippen LogP contribution in [0.15, 0.2) is 18.2 Å². The third kappa shape index (κ3) is 4.16. The lowest BCUT2D eigenvalue weighted by Crippen LogP contribution is -2.09. The summed E-state index contributed by atoms with van der Waals surface area (Å²) in [6.45, 7) is 4.79. The second kappa shape index (κ2) is 7.03. The summed E-state index contributed by atoms with van der Waals surface area (Å²) >= 11 is 5.85. The van der Waals surface area contributed by atoms with E-state index in [0.717, 1.165) is 0 Å². The molecule has 0 amide bonds. The van der Waals surface area contributed by atoms with Gasteiger partial charge in [-0.1, -0.05) is 11.6 Å². The first kappa shape index (κ1) is 15.2. The van der Waals surface area contributed by atoms with Crippen molar-refractivity contribution in [2.45, 2.75) is 13.8 Å². The van der Waals surface area contributed by atoms with Crippen molar-refractivity contribution < 1.29 is 9.13 Å². The Morgan fingerprint density at radius 1 is 1.19 bits per heavy atom. The first-order valence-corrected chi connectivity index (χ1v) is 6.85. The van der Waals surface area contributed by atoms with Gasteiger partial charge in [0.2, 0.25) is 11.9 Å². The molecule has 0 radical (unpaired) electrons. The van der Waals surface area contributed by atoms with E-state index in [2.05, 4.69) is 25.6 Å². The van der Waals surface area contributed by atoms with Crippen LogP contribution in [0.1, 0.15) is 13.8 Å². The average Bonchev–Trinajstić information content (AvgIpc) is 2.43. The minimum Gasteiger partial charge on any atom is -0.464 e. The number of rotatable bonds is 6. The standard InChI is InChI=1S/C13H15ClFN5O/c1-3-16-11-18-12(20-13(19-11)21-4-2)17-10-7-8(14)5-6-9(10)15/h5-7H,3-4H2,1-2H3,(H2,16,17,18,19,20). The molecule has 0 aliphatic heterocycles. The fourth-order valence-corrected chi connectivity index (χ4v) is 1.73. The SMILES string of the molecule is CCNc1nc(Nc2cc(Cl)ccc2F)nc(OCC)n1. The molecular weight excluding hydrogens is 297 g/mol. The molecule has 1 heterocycles. The molecule has 0 aliphatic rings. The molecule has 0 aliphatic carbocycles. The highest BCUT2D eigenvalue weighted by molar-refractivity contribution is 6.30. The zero-order chi connectivity index (χ0) is 15.2. The fourth-order valence-electron chi connectivity index (χ4n) is 1.56. The number of benzene rings is 1. The predicted octanol–water partition coefficient (Wildman–Crippen LogP) is 3.24. The summed E-state index contributed by atoms with van der Waals surface area (Å²) in [5, 5.41) is 6.13. The highest BCUT2D eigenvalue weighted by atomic mass is 35.5. The number of hydrogen-bond acceptors (Lipinski definition) is 6. The Bertz CT molecular complexity index is 601. The molecule has 1 aromatic carbocycles. The molecule has 0 saturated heterocycles. The van der Waals surface area contributed by atoms with Crippen molar-refractivity contribution in [2.24, 2.45) is 0 Å². The second-order valence-corrected chi connectivity index (χ2v) is 4.41. The molecule has 0 saturated carbocycles. The highest BCUT2D eigenvalue weighted by Crippen LogP contribution is 2.23. The van der Waals surface area contributed by atoms with Crippen LogP contribution in [0.5, 0.6) is 6.01 Å². The normalized spacial score (nSPS) is 10.3. The minimum atomic E-state index is -0.456. The smallest absolute Gasteiger partial charge is 0.323 e. The average molecular weight is 312 g/mol. The second-order valence-electron chi connectivity index (χ2n) is 3.98. The lowest BCUT2D eigenvalue weighted by atomic mass is 10.3. The van der Waals surface area contributed by atoms with E-state index in [-0.39, 0.29) is 17.6 Å². The number of nitrogens with one attached hydrogen (secondary N) is 2. The minimum absolute atomic E-state index is 0.161. The predicted molar refractivity (Wildman–Crippen MR) is 79.9 cm³/mol. The monoisotopic (exact) mass is 311 g/mol. The van der Waals surface area contributed by atoms with E-state index in [9.17, 15) is 4.39 Å². The van der Waals surface area contributed by atoms with Crippen LogP contribution in [-0.2, 0) is 0 Å². The van der Waals surface area contributed by atoms with E-state index < -0.39 is 5.82 Å². The van der Waals surface area contributed by atoms with E-state index in [1.54, 1.807) is 0 Å². The summed E-state index contributed by atoms with van der Waals surface area (Å²) in [6.07, 6.45) is 0. The van der Waals surface area contributed by atoms with Gasteiger partial charge < -0.3 is 15.4 Å². The lowest BCUT2D eigenvalue weighted by Gasteiger charge is -2.10. The van der Waals surface area contributed by atoms with Gasteiger partial charge in [-0.2, -0.15) is 15.0 Å². The molecule has 6 nitrogen and oxygen atoms in total. The van der Waals surface area contributed by atoms with Crippen LogP contribution in [0.3, 0.4) is 0 Å². The zero-order valence-electron chi connectivity index (χ0n) is 11.7. The number of halogens is 2. The molecule has 0 unspecified atom stereocenters. The Morgan fingerprint density at radius 3 is 2.67 bits per heavy atom. The maximum absolute atomic E-state index is 13.7. The van der Waals surface area contributed by atoms with Gasteiger partial charge >= 0.3 is 6.01 Å². The molecule has 112 valence electrons. The third-order valence-corrected chi connectivity index (χ3v) is 2.63. The van der Waals surface area contributed by atoms with Gasteiger partial charge in [-0.3, -0.25) is 0 Å². The molecule has 21 heavy (non-hydrogen) atoms. The van der Waals surface area contributed by atoms with E-state index in [1.807, 2.05) is 13.8 Å². The summed E-state index contributed by atoms with van der Waals surface area (Å²) in [7, 11) is 0. The van der Waals surface area contributed by atoms with Gasteiger partial charge in [0.25, 0.3) is 0 Å². The van der Waals surface area contributed by atoms with Gasteiger partial charge in [0.15, 0.2) is 0 Å². The Kier molecular flexibility index (Phi) is 5.10. The van der Waals surface area contributed by atoms with Crippen molar-refractivity contribution in [1.29, 1.82) is 0 Å². The largest absolute Gasteiger partial charge is 0.464 e. The van der Waals surface area contributed by atoms with Crippen LogP contribution < -0.4 is 15.4 Å². The summed E-state index contributed by atoms with van der Waals surface area (Å²) in [5.74, 6) is 0.0641. The molecule has 2 N–H and O–H groups in total. The van der Waals surface area contributed by atoms with Crippen LogP contribution in [0, 0.1) is 5.82 Å². The van der Waals surface area contributed by atoms with Crippen molar-refractivity contribution in [2.75, 3.05) is 23.8 Å². The van der Waals surface area contributed by atoms with Crippen molar-refractivity contribution in [1.82, 2.24) is 15.0 Å². The Labute approximate surface area is 126 Å². The summed E-state index contributed by atoms with van der Waals surface area (Å²) in [6, 6.07) is 4.34. The summed E-state index contributed by atoms with van der Waals surface area (Å²) < 4.78 is 19.0. The number of hydrogen-bond donors (Lipinski definition) is 2. The molecule has 0 bridgehead atoms. The van der Waals surface area contributed by atoms with E-state index in [4.69, 9.17) is 16.3 Å². The Morgan fingerprint density at radius 2 is 1.95 bits per heavy atom.